The highest BCUT2D eigenvalue weighted by molar-refractivity contribution is 7.87. The number of hydrogen-bond donors (Lipinski definition) is 4. The van der Waals surface area contributed by atoms with Crippen LogP contribution < -0.4 is 25.0 Å². The van der Waals surface area contributed by atoms with E-state index >= 15 is 0 Å². The molecule has 0 aliphatic carbocycles. The summed E-state index contributed by atoms with van der Waals surface area (Å²) in [6.07, 6.45) is 2.64. The van der Waals surface area contributed by atoms with Crippen LogP contribution in [0.1, 0.15) is 47.1 Å². The highest BCUT2D eigenvalue weighted by Crippen LogP contribution is 2.35. The third-order valence-corrected chi connectivity index (χ3v) is 7.70. The van der Waals surface area contributed by atoms with E-state index in [0.29, 0.717) is 60.7 Å². The van der Waals surface area contributed by atoms with Crippen LogP contribution in [0.5, 0.6) is 0 Å². The molecule has 2 aliphatic rings. The van der Waals surface area contributed by atoms with Gasteiger partial charge in [0.05, 0.1) is 18.4 Å². The Bertz CT molecular complexity index is 1200. The average molecular weight is 541 g/mol. The van der Waals surface area contributed by atoms with E-state index in [2.05, 4.69) is 19.9 Å². The van der Waals surface area contributed by atoms with Gasteiger partial charge in [-0.25, -0.2) is 19.6 Å². The fourth-order valence-corrected chi connectivity index (χ4v) is 5.60. The lowest BCUT2D eigenvalue weighted by atomic mass is 10.0. The molecule has 2 aromatic heterocycles. The molecular weight excluding hydrogens is 508 g/mol. The van der Waals surface area contributed by atoms with Crippen LogP contribution in [0, 0.1) is 6.92 Å². The number of carbonyl (C=O) groups is 1. The number of thiazole rings is 1. The molecule has 0 radical (unpaired) electrons. The summed E-state index contributed by atoms with van der Waals surface area (Å²) in [6, 6.07) is 0. The highest BCUT2D eigenvalue weighted by atomic mass is 32.2. The van der Waals surface area contributed by atoms with Gasteiger partial charge in [0.15, 0.2) is 5.13 Å². The largest absolute Gasteiger partial charge is 0.462 e. The normalized spacial score (nSPS) is 16.7. The van der Waals surface area contributed by atoms with E-state index in [1.807, 2.05) is 4.90 Å². The molecule has 15 heteroatoms. The third-order valence-electron chi connectivity index (χ3n) is 6.04. The molecule has 0 saturated carbocycles. The molecule has 2 aromatic rings. The summed E-state index contributed by atoms with van der Waals surface area (Å²) in [5, 5.41) is 18.7. The second-order valence-electron chi connectivity index (χ2n) is 8.70. The van der Waals surface area contributed by atoms with Gasteiger partial charge in [-0.2, -0.15) is 18.4 Å². The Kier molecular flexibility index (Phi) is 8.24. The summed E-state index contributed by atoms with van der Waals surface area (Å²) in [5.41, 5.74) is 1.54. The zero-order valence-corrected chi connectivity index (χ0v) is 22.0. The minimum Gasteiger partial charge on any atom is -0.462 e. The summed E-state index contributed by atoms with van der Waals surface area (Å²) in [7, 11) is -3.79. The number of aliphatic hydroxyl groups is 1. The number of ether oxygens (including phenoxy) is 1. The number of aliphatic hydroxyl groups excluding tert-OH is 1. The van der Waals surface area contributed by atoms with E-state index in [1.54, 1.807) is 13.8 Å². The first-order valence-corrected chi connectivity index (χ1v) is 14.3. The van der Waals surface area contributed by atoms with Gasteiger partial charge < -0.3 is 19.6 Å². The minimum absolute atomic E-state index is 0.144. The maximum atomic E-state index is 12.2. The first-order chi connectivity index (χ1) is 17.1. The molecule has 0 spiro atoms. The second kappa shape index (κ2) is 11.2. The van der Waals surface area contributed by atoms with Crippen molar-refractivity contribution in [2.75, 3.05) is 54.4 Å². The van der Waals surface area contributed by atoms with Crippen molar-refractivity contribution in [3.05, 3.63) is 16.1 Å². The highest BCUT2D eigenvalue weighted by Gasteiger charge is 2.28. The van der Waals surface area contributed by atoms with Crippen LogP contribution >= 0.6 is 11.3 Å². The maximum absolute atomic E-state index is 12.2. The molecular formula is C21H32N8O5S2. The number of esters is 1. The summed E-state index contributed by atoms with van der Waals surface area (Å²) in [5.74, 6) is 1.41. The fourth-order valence-electron chi connectivity index (χ4n) is 4.37. The van der Waals surface area contributed by atoms with E-state index in [0.717, 1.165) is 30.0 Å². The number of piperidine rings is 1. The molecule has 1 fully saturated rings. The zero-order valence-electron chi connectivity index (χ0n) is 20.4. The summed E-state index contributed by atoms with van der Waals surface area (Å²) < 4.78 is 30.1. The number of nitrogens with two attached hydrogens (primary N) is 1. The zero-order chi connectivity index (χ0) is 25.9. The predicted molar refractivity (Wildman–Crippen MR) is 137 cm³/mol. The van der Waals surface area contributed by atoms with Crippen molar-refractivity contribution in [1.82, 2.24) is 19.7 Å². The molecule has 0 bridgehead atoms. The molecule has 4 rings (SSSR count). The standard InChI is InChI=1S/C21H32N8O5S2/c1-3-34-19(31)16-13(2)24-21(35-16)27-20-25-17-15(18(26-20)29-10-6-14(30)7-11-29)5-4-9-28(17)12-8-23-36(22,32)33/h14,23,30H,3-12H2,1-2H3,(H2,22,32,33)(H,24,25,26,27). The van der Waals surface area contributed by atoms with E-state index in [-0.39, 0.29) is 19.3 Å². The lowest BCUT2D eigenvalue weighted by Crippen LogP contribution is -2.41. The van der Waals surface area contributed by atoms with Gasteiger partial charge in [-0.1, -0.05) is 11.3 Å². The molecule has 36 heavy (non-hydrogen) atoms. The molecule has 4 heterocycles. The first kappa shape index (κ1) is 26.5. The van der Waals surface area contributed by atoms with Crippen molar-refractivity contribution in [2.24, 2.45) is 5.14 Å². The molecule has 0 aromatic carbocycles. The molecule has 0 atom stereocenters. The monoisotopic (exact) mass is 540 g/mol. The van der Waals surface area contributed by atoms with Crippen molar-refractivity contribution in [1.29, 1.82) is 0 Å². The van der Waals surface area contributed by atoms with Gasteiger partial charge in [0, 0.05) is 38.3 Å². The molecule has 0 unspecified atom stereocenters. The predicted octanol–water partition coefficient (Wildman–Crippen LogP) is 0.669. The molecule has 198 valence electrons. The molecule has 13 nitrogen and oxygen atoms in total. The Hall–Kier alpha value is -2.59. The number of aromatic nitrogens is 3. The second-order valence-corrected chi connectivity index (χ2v) is 11.1. The van der Waals surface area contributed by atoms with Crippen molar-refractivity contribution < 1.29 is 23.1 Å². The number of rotatable bonds is 9. The molecule has 0 amide bonds. The Morgan fingerprint density at radius 1 is 1.22 bits per heavy atom. The van der Waals surface area contributed by atoms with Crippen molar-refractivity contribution in [3.63, 3.8) is 0 Å². The van der Waals surface area contributed by atoms with E-state index < -0.39 is 16.2 Å². The van der Waals surface area contributed by atoms with Crippen LogP contribution in [0.4, 0.5) is 22.7 Å². The van der Waals surface area contributed by atoms with Crippen LogP contribution in [0.2, 0.25) is 0 Å². The van der Waals surface area contributed by atoms with Crippen LogP contribution in [0.15, 0.2) is 0 Å². The minimum atomic E-state index is -3.79. The molecule has 2 aliphatic heterocycles. The summed E-state index contributed by atoms with van der Waals surface area (Å²) in [4.78, 5) is 30.8. The lowest BCUT2D eigenvalue weighted by molar-refractivity contribution is 0.0531. The quantitative estimate of drug-likeness (QED) is 0.329. The van der Waals surface area contributed by atoms with Gasteiger partial charge >= 0.3 is 5.97 Å². The average Bonchev–Trinajstić information content (AvgIpc) is 3.19. The van der Waals surface area contributed by atoms with Gasteiger partial charge in [-0.05, 0) is 39.5 Å². The summed E-state index contributed by atoms with van der Waals surface area (Å²) in [6.45, 7) is 6.34. The number of fused-ring (bicyclic) bond motifs is 1. The fraction of sp³-hybridized carbons (Fsp3) is 0.619. The SMILES string of the molecule is CCOC(=O)c1sc(Nc2nc3c(c(N4CCC(O)CC4)n2)CCCN3CCNS(N)(=O)=O)nc1C. The van der Waals surface area contributed by atoms with Gasteiger partial charge in [-0.3, -0.25) is 5.32 Å². The Labute approximate surface area is 214 Å². The van der Waals surface area contributed by atoms with E-state index in [1.165, 1.54) is 11.3 Å². The third kappa shape index (κ3) is 6.39. The van der Waals surface area contributed by atoms with Crippen molar-refractivity contribution >= 4 is 50.2 Å². The van der Waals surface area contributed by atoms with Crippen LogP contribution in [-0.4, -0.2) is 79.9 Å². The van der Waals surface area contributed by atoms with Gasteiger partial charge in [0.2, 0.25) is 5.95 Å². The lowest BCUT2D eigenvalue weighted by Gasteiger charge is -2.36. The van der Waals surface area contributed by atoms with Gasteiger partial charge in [0.25, 0.3) is 10.2 Å². The Balaban J connectivity index is 1.65. The molecule has 5 N–H and O–H groups in total. The number of anilines is 4. The van der Waals surface area contributed by atoms with Gasteiger partial charge in [-0.15, -0.1) is 0 Å². The molecule has 1 saturated heterocycles. The topological polar surface area (TPSA) is 176 Å². The van der Waals surface area contributed by atoms with Gasteiger partial charge in [0.1, 0.15) is 16.5 Å². The van der Waals surface area contributed by atoms with Crippen molar-refractivity contribution in [2.45, 2.75) is 45.6 Å². The van der Waals surface area contributed by atoms with E-state index in [9.17, 15) is 18.3 Å². The number of aryl methyl sites for hydroxylation is 1. The van der Waals surface area contributed by atoms with Crippen LogP contribution in [0.3, 0.4) is 0 Å². The van der Waals surface area contributed by atoms with E-state index in [4.69, 9.17) is 19.8 Å². The Morgan fingerprint density at radius 3 is 2.64 bits per heavy atom. The number of carbonyl (C=O) groups excluding carboxylic acids is 1. The van der Waals surface area contributed by atoms with Crippen LogP contribution in [0.25, 0.3) is 0 Å². The van der Waals surface area contributed by atoms with Crippen molar-refractivity contribution in [3.8, 4) is 0 Å². The summed E-state index contributed by atoms with van der Waals surface area (Å²) >= 11 is 1.17. The smallest absolute Gasteiger partial charge is 0.350 e. The van der Waals surface area contributed by atoms with Crippen LogP contribution in [-0.2, 0) is 21.4 Å². The number of nitrogens with zero attached hydrogens (tertiary/aromatic N) is 5. The Morgan fingerprint density at radius 2 is 1.94 bits per heavy atom. The number of nitrogens with one attached hydrogen (secondary N) is 2. The number of hydrogen-bond acceptors (Lipinski definition) is 12. The first-order valence-electron chi connectivity index (χ1n) is 11.9. The maximum Gasteiger partial charge on any atom is 0.350 e.